The molecule has 26 heavy (non-hydrogen) atoms. The molecule has 1 aromatic carbocycles. The molecule has 1 amide bonds. The standard InChI is InChI=1S/C21H32N2O3/c24-21(23-14-13-22-18-6-3-1-2-4-7-18)17-9-11-19(12-10-17)26-16-20-8-5-15-25-20/h9-12,18,20,22H,1-8,13-16H2,(H,23,24). The van der Waals surface area contributed by atoms with Crippen molar-refractivity contribution in [1.82, 2.24) is 10.6 Å². The van der Waals surface area contributed by atoms with Crippen LogP contribution in [0.4, 0.5) is 0 Å². The second-order valence-electron chi connectivity index (χ2n) is 7.37. The summed E-state index contributed by atoms with van der Waals surface area (Å²) in [6, 6.07) is 7.97. The van der Waals surface area contributed by atoms with Gasteiger partial charge in [0, 0.05) is 31.3 Å². The van der Waals surface area contributed by atoms with Crippen LogP contribution in [0.25, 0.3) is 0 Å². The molecule has 0 spiro atoms. The number of nitrogens with one attached hydrogen (secondary N) is 2. The maximum atomic E-state index is 12.2. The third-order valence-electron chi connectivity index (χ3n) is 5.28. The van der Waals surface area contributed by atoms with Crippen LogP contribution in [0.15, 0.2) is 24.3 Å². The van der Waals surface area contributed by atoms with Gasteiger partial charge in [0.25, 0.3) is 5.91 Å². The lowest BCUT2D eigenvalue weighted by Gasteiger charge is -2.16. The summed E-state index contributed by atoms with van der Waals surface area (Å²) in [6.07, 6.45) is 10.3. The first-order chi connectivity index (χ1) is 12.8. The third-order valence-corrected chi connectivity index (χ3v) is 5.28. The molecule has 1 aromatic rings. The fourth-order valence-corrected chi connectivity index (χ4v) is 3.71. The van der Waals surface area contributed by atoms with Gasteiger partial charge in [0.05, 0.1) is 6.10 Å². The molecule has 2 aliphatic rings. The van der Waals surface area contributed by atoms with Crippen molar-refractivity contribution < 1.29 is 14.3 Å². The smallest absolute Gasteiger partial charge is 0.251 e. The van der Waals surface area contributed by atoms with E-state index in [1.165, 1.54) is 38.5 Å². The van der Waals surface area contributed by atoms with Crippen molar-refractivity contribution in [2.45, 2.75) is 63.5 Å². The van der Waals surface area contributed by atoms with E-state index in [2.05, 4.69) is 10.6 Å². The lowest BCUT2D eigenvalue weighted by atomic mass is 10.1. The fourth-order valence-electron chi connectivity index (χ4n) is 3.71. The number of rotatable bonds is 8. The highest BCUT2D eigenvalue weighted by molar-refractivity contribution is 5.94. The van der Waals surface area contributed by atoms with Gasteiger partial charge in [-0.2, -0.15) is 0 Å². The molecule has 1 saturated heterocycles. The van der Waals surface area contributed by atoms with Crippen LogP contribution >= 0.6 is 0 Å². The first-order valence-electron chi connectivity index (χ1n) is 10.2. The molecule has 1 heterocycles. The Morgan fingerprint density at radius 2 is 1.77 bits per heavy atom. The van der Waals surface area contributed by atoms with Crippen LogP contribution in [-0.4, -0.2) is 44.4 Å². The van der Waals surface area contributed by atoms with Gasteiger partial charge in [0.2, 0.25) is 0 Å². The van der Waals surface area contributed by atoms with Crippen LogP contribution in [0.2, 0.25) is 0 Å². The number of carbonyl (C=O) groups excluding carboxylic acids is 1. The average molecular weight is 360 g/mol. The Labute approximate surface area is 156 Å². The van der Waals surface area contributed by atoms with E-state index in [1.807, 2.05) is 24.3 Å². The molecule has 1 unspecified atom stereocenters. The van der Waals surface area contributed by atoms with Gasteiger partial charge in [-0.15, -0.1) is 0 Å². The lowest BCUT2D eigenvalue weighted by Crippen LogP contribution is -2.36. The van der Waals surface area contributed by atoms with Gasteiger partial charge < -0.3 is 20.1 Å². The van der Waals surface area contributed by atoms with Crippen molar-refractivity contribution in [3.8, 4) is 5.75 Å². The molecule has 2 N–H and O–H groups in total. The average Bonchev–Trinajstić information content (AvgIpc) is 3.06. The Morgan fingerprint density at radius 1 is 1.00 bits per heavy atom. The van der Waals surface area contributed by atoms with Crippen LogP contribution in [0.1, 0.15) is 61.7 Å². The molecule has 0 radical (unpaired) electrons. The van der Waals surface area contributed by atoms with E-state index in [4.69, 9.17) is 9.47 Å². The van der Waals surface area contributed by atoms with Crippen molar-refractivity contribution in [3.63, 3.8) is 0 Å². The summed E-state index contributed by atoms with van der Waals surface area (Å²) in [5.74, 6) is 0.755. The maximum absolute atomic E-state index is 12.2. The molecule has 1 aliphatic heterocycles. The van der Waals surface area contributed by atoms with Crippen molar-refractivity contribution in [3.05, 3.63) is 29.8 Å². The minimum Gasteiger partial charge on any atom is -0.491 e. The Morgan fingerprint density at radius 3 is 2.46 bits per heavy atom. The minimum atomic E-state index is -0.0293. The summed E-state index contributed by atoms with van der Waals surface area (Å²) in [5, 5.41) is 6.56. The monoisotopic (exact) mass is 360 g/mol. The first kappa shape index (κ1) is 19.2. The number of hydrogen-bond acceptors (Lipinski definition) is 4. The molecule has 1 saturated carbocycles. The summed E-state index contributed by atoms with van der Waals surface area (Å²) in [6.45, 7) is 2.91. The van der Waals surface area contributed by atoms with E-state index in [-0.39, 0.29) is 12.0 Å². The second-order valence-corrected chi connectivity index (χ2v) is 7.37. The summed E-state index contributed by atoms with van der Waals surface area (Å²) < 4.78 is 11.3. The number of ether oxygens (including phenoxy) is 2. The minimum absolute atomic E-state index is 0.0293. The molecule has 1 atom stereocenters. The predicted octanol–water partition coefficient (Wildman–Crippen LogP) is 3.29. The molecule has 3 rings (SSSR count). The SMILES string of the molecule is O=C(NCCNC1CCCCCC1)c1ccc(OCC2CCCO2)cc1. The second kappa shape index (κ2) is 10.5. The zero-order chi connectivity index (χ0) is 18.0. The zero-order valence-corrected chi connectivity index (χ0v) is 15.7. The van der Waals surface area contributed by atoms with Gasteiger partial charge >= 0.3 is 0 Å². The van der Waals surface area contributed by atoms with Crippen LogP contribution < -0.4 is 15.4 Å². The topological polar surface area (TPSA) is 59.6 Å². The first-order valence-corrected chi connectivity index (χ1v) is 10.2. The number of carbonyl (C=O) groups is 1. The van der Waals surface area contributed by atoms with Crippen molar-refractivity contribution in [2.24, 2.45) is 0 Å². The van der Waals surface area contributed by atoms with Crippen molar-refractivity contribution in [2.75, 3.05) is 26.3 Å². The van der Waals surface area contributed by atoms with Gasteiger partial charge in [-0.3, -0.25) is 4.79 Å². The van der Waals surface area contributed by atoms with Crippen LogP contribution in [-0.2, 0) is 4.74 Å². The fraction of sp³-hybridized carbons (Fsp3) is 0.667. The molecule has 5 nitrogen and oxygen atoms in total. The van der Waals surface area contributed by atoms with Crippen LogP contribution in [0.5, 0.6) is 5.75 Å². The predicted molar refractivity (Wildman–Crippen MR) is 103 cm³/mol. The van der Waals surface area contributed by atoms with Gasteiger partial charge in [-0.1, -0.05) is 25.7 Å². The van der Waals surface area contributed by atoms with E-state index in [1.54, 1.807) is 0 Å². The summed E-state index contributed by atoms with van der Waals surface area (Å²) in [5.41, 5.74) is 0.670. The number of hydrogen-bond donors (Lipinski definition) is 2. The van der Waals surface area contributed by atoms with Gasteiger partial charge in [0.1, 0.15) is 12.4 Å². The summed E-state index contributed by atoms with van der Waals surface area (Å²) in [4.78, 5) is 12.2. The Bertz CT molecular complexity index is 533. The lowest BCUT2D eigenvalue weighted by molar-refractivity contribution is 0.0679. The van der Waals surface area contributed by atoms with Gasteiger partial charge in [-0.05, 0) is 49.9 Å². The molecule has 2 fully saturated rings. The van der Waals surface area contributed by atoms with Crippen molar-refractivity contribution in [1.29, 1.82) is 0 Å². The van der Waals surface area contributed by atoms with Crippen LogP contribution in [0.3, 0.4) is 0 Å². The van der Waals surface area contributed by atoms with E-state index in [9.17, 15) is 4.79 Å². The van der Waals surface area contributed by atoms with E-state index in [0.29, 0.717) is 24.8 Å². The quantitative estimate of drug-likeness (QED) is 0.552. The zero-order valence-electron chi connectivity index (χ0n) is 15.7. The van der Waals surface area contributed by atoms with Crippen molar-refractivity contribution >= 4 is 5.91 Å². The molecular weight excluding hydrogens is 328 g/mol. The number of amides is 1. The Balaban J connectivity index is 1.33. The van der Waals surface area contributed by atoms with E-state index in [0.717, 1.165) is 31.7 Å². The summed E-state index contributed by atoms with van der Waals surface area (Å²) in [7, 11) is 0. The van der Waals surface area contributed by atoms with E-state index >= 15 is 0 Å². The Hall–Kier alpha value is -1.59. The molecular formula is C21H32N2O3. The van der Waals surface area contributed by atoms with Crippen LogP contribution in [0, 0.1) is 0 Å². The molecule has 0 bridgehead atoms. The maximum Gasteiger partial charge on any atom is 0.251 e. The highest BCUT2D eigenvalue weighted by Crippen LogP contribution is 2.17. The molecule has 144 valence electrons. The Kier molecular flexibility index (Phi) is 7.77. The largest absolute Gasteiger partial charge is 0.491 e. The van der Waals surface area contributed by atoms with Gasteiger partial charge in [-0.25, -0.2) is 0 Å². The number of benzene rings is 1. The highest BCUT2D eigenvalue weighted by atomic mass is 16.5. The molecule has 1 aliphatic carbocycles. The highest BCUT2D eigenvalue weighted by Gasteiger charge is 2.16. The van der Waals surface area contributed by atoms with Gasteiger partial charge in [0.15, 0.2) is 0 Å². The molecule has 5 heteroatoms. The van der Waals surface area contributed by atoms with E-state index < -0.39 is 0 Å². The third kappa shape index (κ3) is 6.29. The summed E-state index contributed by atoms with van der Waals surface area (Å²) >= 11 is 0. The molecule has 0 aromatic heterocycles. The normalized spacial score (nSPS) is 21.3.